The van der Waals surface area contributed by atoms with Crippen LogP contribution in [0.25, 0.3) is 0 Å². The zero-order valence-electron chi connectivity index (χ0n) is 25.4. The number of hydrogen-bond acceptors (Lipinski definition) is 8. The van der Waals surface area contributed by atoms with E-state index in [1.807, 2.05) is 12.2 Å². The van der Waals surface area contributed by atoms with Gasteiger partial charge in [-0.3, -0.25) is 19.3 Å². The first-order valence-corrected chi connectivity index (χ1v) is 16.9. The summed E-state index contributed by atoms with van der Waals surface area (Å²) in [7, 11) is 0. The minimum atomic E-state index is -0.943. The SMILES string of the molecule is CCCCNC(=O)[C@H](C)C[C@H](O)[C@@H]1CSC/C=C/CS[C@H]2CCCN(C(=O)OC(C)(C)C)[C@H]2C(=O)N[C@@H](C)C(=O)N1. The molecule has 1 fully saturated rings. The molecule has 0 spiro atoms. The van der Waals surface area contributed by atoms with Crippen molar-refractivity contribution in [2.45, 2.75) is 109 Å². The maximum absolute atomic E-state index is 13.6. The summed E-state index contributed by atoms with van der Waals surface area (Å²) in [5.74, 6) is 0.448. The fourth-order valence-electron chi connectivity index (χ4n) is 4.67. The van der Waals surface area contributed by atoms with E-state index in [9.17, 15) is 24.3 Å². The van der Waals surface area contributed by atoms with Crippen LogP contribution in [0.15, 0.2) is 12.2 Å². The van der Waals surface area contributed by atoms with Gasteiger partial charge in [-0.05, 0) is 53.4 Å². The molecule has 6 atom stereocenters. The molecule has 10 nitrogen and oxygen atoms in total. The van der Waals surface area contributed by atoms with Gasteiger partial charge >= 0.3 is 6.09 Å². The first kappa shape index (κ1) is 35.3. The molecule has 4 N–H and O–H groups in total. The Labute approximate surface area is 253 Å². The van der Waals surface area contributed by atoms with Crippen molar-refractivity contribution in [3.05, 3.63) is 12.2 Å². The quantitative estimate of drug-likeness (QED) is 0.254. The highest BCUT2D eigenvalue weighted by molar-refractivity contribution is 8.00. The monoisotopic (exact) mass is 614 g/mol. The van der Waals surface area contributed by atoms with Crippen LogP contribution in [0, 0.1) is 5.92 Å². The number of likely N-dealkylation sites (tertiary alicyclic amines) is 1. The van der Waals surface area contributed by atoms with Crippen molar-refractivity contribution >= 4 is 47.3 Å². The number of amides is 4. The molecule has 0 aliphatic carbocycles. The molecular weight excluding hydrogens is 564 g/mol. The van der Waals surface area contributed by atoms with Gasteiger partial charge in [-0.25, -0.2) is 4.79 Å². The van der Waals surface area contributed by atoms with Crippen LogP contribution in [0.3, 0.4) is 0 Å². The summed E-state index contributed by atoms with van der Waals surface area (Å²) in [5.41, 5.74) is -0.704. The number of aliphatic hydroxyl groups excluding tert-OH is 1. The van der Waals surface area contributed by atoms with Crippen LogP contribution < -0.4 is 16.0 Å². The molecule has 0 bridgehead atoms. The molecule has 0 unspecified atom stereocenters. The Morgan fingerprint density at radius 3 is 2.59 bits per heavy atom. The Morgan fingerprint density at radius 2 is 1.90 bits per heavy atom. The number of rotatable bonds is 7. The van der Waals surface area contributed by atoms with Crippen LogP contribution in [0.2, 0.25) is 0 Å². The second-order valence-electron chi connectivity index (χ2n) is 11.8. The van der Waals surface area contributed by atoms with E-state index >= 15 is 0 Å². The van der Waals surface area contributed by atoms with Crippen molar-refractivity contribution in [3.8, 4) is 0 Å². The lowest BCUT2D eigenvalue weighted by molar-refractivity contribution is -0.132. The molecule has 0 radical (unpaired) electrons. The highest BCUT2D eigenvalue weighted by Gasteiger charge is 2.42. The molecule has 234 valence electrons. The molecule has 2 aliphatic heterocycles. The molecular formula is C29H50N4O6S2. The van der Waals surface area contributed by atoms with Gasteiger partial charge in [0.1, 0.15) is 17.7 Å². The Hall–Kier alpha value is -1.92. The second kappa shape index (κ2) is 17.3. The van der Waals surface area contributed by atoms with E-state index in [1.54, 1.807) is 58.1 Å². The third-order valence-corrected chi connectivity index (χ3v) is 9.30. The van der Waals surface area contributed by atoms with Gasteiger partial charge in [-0.2, -0.15) is 23.5 Å². The molecule has 41 heavy (non-hydrogen) atoms. The predicted octanol–water partition coefficient (Wildman–Crippen LogP) is 3.08. The average molecular weight is 615 g/mol. The molecule has 0 aromatic heterocycles. The van der Waals surface area contributed by atoms with E-state index in [0.717, 1.165) is 25.7 Å². The Balaban J connectivity index is 2.18. The molecule has 2 heterocycles. The van der Waals surface area contributed by atoms with Crippen molar-refractivity contribution < 1.29 is 29.0 Å². The summed E-state index contributed by atoms with van der Waals surface area (Å²) in [4.78, 5) is 53.8. The molecule has 2 rings (SSSR count). The zero-order valence-corrected chi connectivity index (χ0v) is 27.1. The molecule has 0 saturated carbocycles. The van der Waals surface area contributed by atoms with E-state index in [2.05, 4.69) is 22.9 Å². The van der Waals surface area contributed by atoms with Gasteiger partial charge in [0, 0.05) is 41.5 Å². The van der Waals surface area contributed by atoms with Gasteiger partial charge in [0.15, 0.2) is 0 Å². The Bertz CT molecular complexity index is 912. The van der Waals surface area contributed by atoms with Crippen molar-refractivity contribution in [2.75, 3.05) is 30.3 Å². The lowest BCUT2D eigenvalue weighted by Crippen LogP contribution is -2.61. The van der Waals surface area contributed by atoms with Gasteiger partial charge < -0.3 is 25.8 Å². The van der Waals surface area contributed by atoms with Crippen LogP contribution in [0.4, 0.5) is 4.79 Å². The van der Waals surface area contributed by atoms with Crippen molar-refractivity contribution in [3.63, 3.8) is 0 Å². The number of carbonyl (C=O) groups excluding carboxylic acids is 4. The molecule has 4 amide bonds. The molecule has 1 saturated heterocycles. The van der Waals surface area contributed by atoms with E-state index in [1.165, 1.54) is 4.90 Å². The third kappa shape index (κ3) is 12.1. The topological polar surface area (TPSA) is 137 Å². The normalized spacial score (nSPS) is 27.1. The number of carbonyl (C=O) groups is 4. The maximum atomic E-state index is 13.6. The summed E-state index contributed by atoms with van der Waals surface area (Å²) in [6.45, 7) is 11.8. The number of unbranched alkanes of at least 4 members (excludes halogenated alkanes) is 1. The highest BCUT2D eigenvalue weighted by Crippen LogP contribution is 2.30. The lowest BCUT2D eigenvalue weighted by atomic mass is 9.98. The molecule has 12 heteroatoms. The largest absolute Gasteiger partial charge is 0.444 e. The highest BCUT2D eigenvalue weighted by atomic mass is 32.2. The number of hydrogen-bond donors (Lipinski definition) is 4. The van der Waals surface area contributed by atoms with Crippen LogP contribution in [-0.2, 0) is 19.1 Å². The summed E-state index contributed by atoms with van der Waals surface area (Å²) in [5, 5.41) is 19.5. The van der Waals surface area contributed by atoms with Crippen LogP contribution in [0.5, 0.6) is 0 Å². The summed E-state index contributed by atoms with van der Waals surface area (Å²) in [6.07, 6.45) is 6.20. The number of nitrogens with zero attached hydrogens (tertiary/aromatic N) is 1. The predicted molar refractivity (Wildman–Crippen MR) is 166 cm³/mol. The third-order valence-electron chi connectivity index (χ3n) is 6.97. The fourth-order valence-corrected chi connectivity index (χ4v) is 6.91. The van der Waals surface area contributed by atoms with Gasteiger partial charge in [0.05, 0.1) is 12.1 Å². The number of fused-ring (bicyclic) bond motifs is 1. The van der Waals surface area contributed by atoms with Gasteiger partial charge in [-0.1, -0.05) is 32.4 Å². The van der Waals surface area contributed by atoms with Crippen LogP contribution in [0.1, 0.15) is 73.6 Å². The molecule has 2 aliphatic rings. The number of aliphatic hydroxyl groups is 1. The summed E-state index contributed by atoms with van der Waals surface area (Å²) in [6, 6.07) is -2.28. The van der Waals surface area contributed by atoms with Gasteiger partial charge in [-0.15, -0.1) is 0 Å². The first-order valence-electron chi connectivity index (χ1n) is 14.7. The minimum Gasteiger partial charge on any atom is -0.444 e. The lowest BCUT2D eigenvalue weighted by Gasteiger charge is -2.40. The van der Waals surface area contributed by atoms with E-state index < -0.39 is 53.7 Å². The smallest absolute Gasteiger partial charge is 0.411 e. The zero-order chi connectivity index (χ0) is 30.6. The molecule has 0 aromatic carbocycles. The van der Waals surface area contributed by atoms with E-state index in [0.29, 0.717) is 30.3 Å². The average Bonchev–Trinajstić information content (AvgIpc) is 2.90. The van der Waals surface area contributed by atoms with Crippen LogP contribution >= 0.6 is 23.5 Å². The van der Waals surface area contributed by atoms with Gasteiger partial charge in [0.25, 0.3) is 0 Å². The number of nitrogens with one attached hydrogen (secondary N) is 3. The number of ether oxygens (including phenoxy) is 1. The van der Waals surface area contributed by atoms with Crippen LogP contribution in [-0.4, -0.2) is 99.2 Å². The summed E-state index contributed by atoms with van der Waals surface area (Å²) >= 11 is 3.20. The number of thioether (sulfide) groups is 2. The fraction of sp³-hybridized carbons (Fsp3) is 0.793. The van der Waals surface area contributed by atoms with Crippen molar-refractivity contribution in [1.82, 2.24) is 20.9 Å². The van der Waals surface area contributed by atoms with Gasteiger partial charge in [0.2, 0.25) is 17.7 Å². The van der Waals surface area contributed by atoms with E-state index in [-0.39, 0.29) is 17.6 Å². The standard InChI is InChI=1S/C29H50N4O6S2/c1-7-8-13-30-25(35)19(2)17-22(34)21-18-40-15-9-10-16-41-23-12-11-14-33(28(38)39-29(4,5)6)24(23)27(37)31-20(3)26(36)32-21/h9-10,19-24,34H,7-8,11-18H2,1-6H3,(H,30,35)(H,31,37)(H,32,36)/b10-9+/t19-,20+,21+,22+,23+,24-/m1/s1. The maximum Gasteiger partial charge on any atom is 0.411 e. The first-order chi connectivity index (χ1) is 19.3. The summed E-state index contributed by atoms with van der Waals surface area (Å²) < 4.78 is 5.61. The minimum absolute atomic E-state index is 0.119. The number of piperidine rings is 1. The Kier molecular flexibility index (Phi) is 14.8. The van der Waals surface area contributed by atoms with Crippen molar-refractivity contribution in [2.24, 2.45) is 5.92 Å². The Morgan fingerprint density at radius 1 is 1.20 bits per heavy atom. The van der Waals surface area contributed by atoms with E-state index in [4.69, 9.17) is 4.74 Å². The second-order valence-corrected chi connectivity index (χ2v) is 14.2. The van der Waals surface area contributed by atoms with Crippen molar-refractivity contribution in [1.29, 1.82) is 0 Å². The molecule has 0 aromatic rings.